The SMILES string of the molecule is CC(C)NC(=O)c1ccc(-n2cccn2)cc1. The highest BCUT2D eigenvalue weighted by molar-refractivity contribution is 5.94. The van der Waals surface area contributed by atoms with E-state index < -0.39 is 0 Å². The molecule has 0 bridgehead atoms. The topological polar surface area (TPSA) is 46.9 Å². The Hall–Kier alpha value is -2.10. The molecule has 1 N–H and O–H groups in total. The molecule has 0 atom stereocenters. The monoisotopic (exact) mass is 229 g/mol. The second-order valence-corrected chi connectivity index (χ2v) is 4.13. The lowest BCUT2D eigenvalue weighted by atomic mass is 10.2. The summed E-state index contributed by atoms with van der Waals surface area (Å²) in [4.78, 5) is 11.7. The van der Waals surface area contributed by atoms with Gasteiger partial charge in [0.25, 0.3) is 5.91 Å². The van der Waals surface area contributed by atoms with Gasteiger partial charge in [0.15, 0.2) is 0 Å². The summed E-state index contributed by atoms with van der Waals surface area (Å²) in [7, 11) is 0. The predicted molar refractivity (Wildman–Crippen MR) is 66.2 cm³/mol. The zero-order valence-corrected chi connectivity index (χ0v) is 9.92. The molecule has 0 fully saturated rings. The summed E-state index contributed by atoms with van der Waals surface area (Å²) in [6, 6.07) is 9.36. The van der Waals surface area contributed by atoms with Crippen LogP contribution in [0.1, 0.15) is 24.2 Å². The number of carbonyl (C=O) groups excluding carboxylic acids is 1. The lowest BCUT2D eigenvalue weighted by molar-refractivity contribution is 0.0943. The minimum absolute atomic E-state index is 0.0491. The van der Waals surface area contributed by atoms with Crippen LogP contribution in [0.3, 0.4) is 0 Å². The van der Waals surface area contributed by atoms with Gasteiger partial charge in [0.1, 0.15) is 0 Å². The minimum Gasteiger partial charge on any atom is -0.350 e. The Bertz CT molecular complexity index is 486. The summed E-state index contributed by atoms with van der Waals surface area (Å²) < 4.78 is 1.75. The van der Waals surface area contributed by atoms with Crippen LogP contribution in [0.2, 0.25) is 0 Å². The normalized spacial score (nSPS) is 10.5. The van der Waals surface area contributed by atoms with E-state index in [1.165, 1.54) is 0 Å². The van der Waals surface area contributed by atoms with Gasteiger partial charge in [0, 0.05) is 24.0 Å². The number of nitrogens with zero attached hydrogens (tertiary/aromatic N) is 2. The minimum atomic E-state index is -0.0491. The molecule has 0 radical (unpaired) electrons. The summed E-state index contributed by atoms with van der Waals surface area (Å²) >= 11 is 0. The molecule has 0 aliphatic carbocycles. The highest BCUT2D eigenvalue weighted by Crippen LogP contribution is 2.08. The summed E-state index contributed by atoms with van der Waals surface area (Å²) in [5, 5.41) is 6.98. The molecule has 1 aromatic heterocycles. The average Bonchev–Trinajstić information content (AvgIpc) is 2.82. The molecular weight excluding hydrogens is 214 g/mol. The standard InChI is InChI=1S/C13H15N3O/c1-10(2)15-13(17)11-4-6-12(7-5-11)16-9-3-8-14-16/h3-10H,1-2H3,(H,15,17). The van der Waals surface area contributed by atoms with Crippen molar-refractivity contribution in [2.24, 2.45) is 0 Å². The van der Waals surface area contributed by atoms with Gasteiger partial charge < -0.3 is 5.32 Å². The zero-order chi connectivity index (χ0) is 12.3. The quantitative estimate of drug-likeness (QED) is 0.875. The first-order valence-corrected chi connectivity index (χ1v) is 5.58. The molecule has 0 saturated heterocycles. The summed E-state index contributed by atoms with van der Waals surface area (Å²) in [5.74, 6) is -0.0491. The van der Waals surface area contributed by atoms with Gasteiger partial charge in [-0.3, -0.25) is 4.79 Å². The largest absolute Gasteiger partial charge is 0.350 e. The van der Waals surface area contributed by atoms with Crippen LogP contribution in [0.5, 0.6) is 0 Å². The Morgan fingerprint density at radius 1 is 1.29 bits per heavy atom. The molecule has 88 valence electrons. The molecular formula is C13H15N3O. The number of carbonyl (C=O) groups is 1. The van der Waals surface area contributed by atoms with Crippen molar-refractivity contribution < 1.29 is 4.79 Å². The highest BCUT2D eigenvalue weighted by atomic mass is 16.1. The van der Waals surface area contributed by atoms with Gasteiger partial charge >= 0.3 is 0 Å². The third-order valence-electron chi connectivity index (χ3n) is 2.32. The molecule has 0 aliphatic heterocycles. The van der Waals surface area contributed by atoms with Crippen LogP contribution in [-0.2, 0) is 0 Å². The predicted octanol–water partition coefficient (Wildman–Crippen LogP) is 2.01. The van der Waals surface area contributed by atoms with Gasteiger partial charge in [0.2, 0.25) is 0 Å². The molecule has 17 heavy (non-hydrogen) atoms. The molecule has 0 saturated carbocycles. The lowest BCUT2D eigenvalue weighted by Gasteiger charge is -2.08. The summed E-state index contributed by atoms with van der Waals surface area (Å²) in [6.07, 6.45) is 3.59. The van der Waals surface area contributed by atoms with E-state index in [9.17, 15) is 4.79 Å². The van der Waals surface area contributed by atoms with E-state index in [2.05, 4.69) is 10.4 Å². The first kappa shape index (κ1) is 11.4. The fourth-order valence-corrected chi connectivity index (χ4v) is 1.53. The average molecular weight is 229 g/mol. The van der Waals surface area contributed by atoms with E-state index >= 15 is 0 Å². The molecule has 0 spiro atoms. The molecule has 1 heterocycles. The van der Waals surface area contributed by atoms with E-state index in [-0.39, 0.29) is 11.9 Å². The van der Waals surface area contributed by atoms with Gasteiger partial charge in [0.05, 0.1) is 5.69 Å². The highest BCUT2D eigenvalue weighted by Gasteiger charge is 2.06. The molecule has 2 rings (SSSR count). The fraction of sp³-hybridized carbons (Fsp3) is 0.231. The number of amides is 1. The van der Waals surface area contributed by atoms with Gasteiger partial charge in [-0.05, 0) is 44.2 Å². The van der Waals surface area contributed by atoms with Crippen LogP contribution in [0.15, 0.2) is 42.7 Å². The third-order valence-corrected chi connectivity index (χ3v) is 2.32. The van der Waals surface area contributed by atoms with Gasteiger partial charge in [-0.2, -0.15) is 5.10 Å². The van der Waals surface area contributed by atoms with Crippen molar-refractivity contribution in [3.8, 4) is 5.69 Å². The number of rotatable bonds is 3. The van der Waals surface area contributed by atoms with Crippen molar-refractivity contribution in [2.75, 3.05) is 0 Å². The molecule has 4 nitrogen and oxygen atoms in total. The molecule has 0 unspecified atom stereocenters. The molecule has 0 aliphatic rings. The summed E-state index contributed by atoms with van der Waals surface area (Å²) in [5.41, 5.74) is 1.60. The lowest BCUT2D eigenvalue weighted by Crippen LogP contribution is -2.29. The van der Waals surface area contributed by atoms with Gasteiger partial charge in [-0.15, -0.1) is 0 Å². The Balaban J connectivity index is 2.16. The van der Waals surface area contributed by atoms with E-state index in [1.807, 2.05) is 38.2 Å². The number of hydrogen-bond acceptors (Lipinski definition) is 2. The molecule has 1 amide bonds. The second-order valence-electron chi connectivity index (χ2n) is 4.13. The maximum Gasteiger partial charge on any atom is 0.251 e. The van der Waals surface area contributed by atoms with E-state index in [0.717, 1.165) is 5.69 Å². The first-order chi connectivity index (χ1) is 8.16. The number of aromatic nitrogens is 2. The Morgan fingerprint density at radius 2 is 2.00 bits per heavy atom. The van der Waals surface area contributed by atoms with Crippen LogP contribution in [0, 0.1) is 0 Å². The smallest absolute Gasteiger partial charge is 0.251 e. The first-order valence-electron chi connectivity index (χ1n) is 5.58. The number of hydrogen-bond donors (Lipinski definition) is 1. The van der Waals surface area contributed by atoms with Crippen LogP contribution >= 0.6 is 0 Å². The van der Waals surface area contributed by atoms with Crippen LogP contribution < -0.4 is 5.32 Å². The second kappa shape index (κ2) is 4.82. The van der Waals surface area contributed by atoms with Gasteiger partial charge in [-0.25, -0.2) is 4.68 Å². The van der Waals surface area contributed by atoms with Crippen LogP contribution in [0.4, 0.5) is 0 Å². The maximum atomic E-state index is 11.7. The van der Waals surface area contributed by atoms with Crippen molar-refractivity contribution in [3.63, 3.8) is 0 Å². The van der Waals surface area contributed by atoms with Crippen molar-refractivity contribution in [1.82, 2.24) is 15.1 Å². The van der Waals surface area contributed by atoms with E-state index in [1.54, 1.807) is 23.0 Å². The maximum absolute atomic E-state index is 11.7. The molecule has 2 aromatic rings. The Labute approximate surface area is 100 Å². The number of benzene rings is 1. The number of nitrogens with one attached hydrogen (secondary N) is 1. The van der Waals surface area contributed by atoms with Crippen molar-refractivity contribution >= 4 is 5.91 Å². The van der Waals surface area contributed by atoms with Gasteiger partial charge in [-0.1, -0.05) is 0 Å². The molecule has 4 heteroatoms. The zero-order valence-electron chi connectivity index (χ0n) is 9.92. The molecule has 1 aromatic carbocycles. The third kappa shape index (κ3) is 2.72. The summed E-state index contributed by atoms with van der Waals surface area (Å²) in [6.45, 7) is 3.88. The Morgan fingerprint density at radius 3 is 2.53 bits per heavy atom. The fourth-order valence-electron chi connectivity index (χ4n) is 1.53. The van der Waals surface area contributed by atoms with Crippen molar-refractivity contribution in [3.05, 3.63) is 48.3 Å². The van der Waals surface area contributed by atoms with Crippen molar-refractivity contribution in [2.45, 2.75) is 19.9 Å². The van der Waals surface area contributed by atoms with Crippen LogP contribution in [0.25, 0.3) is 5.69 Å². The van der Waals surface area contributed by atoms with E-state index in [4.69, 9.17) is 0 Å². The van der Waals surface area contributed by atoms with Crippen molar-refractivity contribution in [1.29, 1.82) is 0 Å². The van der Waals surface area contributed by atoms with E-state index in [0.29, 0.717) is 5.56 Å². The van der Waals surface area contributed by atoms with Crippen LogP contribution in [-0.4, -0.2) is 21.7 Å². The Kier molecular flexibility index (Phi) is 3.23.